The number of piperazine rings is 1. The molecule has 0 amide bonds. The molecule has 0 unspecified atom stereocenters. The van der Waals surface area contributed by atoms with Gasteiger partial charge in [0.1, 0.15) is 6.04 Å². The van der Waals surface area contributed by atoms with Crippen LogP contribution in [0.25, 0.3) is 0 Å². The van der Waals surface area contributed by atoms with Crippen molar-refractivity contribution in [1.29, 1.82) is 0 Å². The van der Waals surface area contributed by atoms with Crippen LogP contribution < -0.4 is 5.32 Å². The Balaban J connectivity index is 0.00000200. The Labute approximate surface area is 131 Å². The first-order valence-electron chi connectivity index (χ1n) is 6.17. The normalized spacial score (nSPS) is 18.4. The van der Waals surface area contributed by atoms with Crippen molar-refractivity contribution in [2.24, 2.45) is 0 Å². The number of hydrogen-bond donors (Lipinski definition) is 1. The Kier molecular flexibility index (Phi) is 6.31. The van der Waals surface area contributed by atoms with Crippen LogP contribution in [0.1, 0.15) is 17.2 Å². The number of alkyl halides is 3. The highest BCUT2D eigenvalue weighted by Crippen LogP contribution is 2.39. The lowest BCUT2D eigenvalue weighted by Gasteiger charge is -2.36. The Bertz CT molecular complexity index is 448. The van der Waals surface area contributed by atoms with E-state index in [0.717, 1.165) is 0 Å². The van der Waals surface area contributed by atoms with Gasteiger partial charge >= 0.3 is 6.18 Å². The highest BCUT2D eigenvalue weighted by Gasteiger charge is 2.45. The summed E-state index contributed by atoms with van der Waals surface area (Å²) in [7, 11) is 0. The van der Waals surface area contributed by atoms with Crippen LogP contribution in [0.4, 0.5) is 13.2 Å². The molecule has 0 bridgehead atoms. The van der Waals surface area contributed by atoms with Crippen molar-refractivity contribution in [2.75, 3.05) is 26.2 Å². The molecule has 7 heteroatoms. The third-order valence-corrected chi connectivity index (χ3v) is 3.86. The lowest BCUT2D eigenvalue weighted by atomic mass is 9.99. The Morgan fingerprint density at radius 3 is 2.40 bits per heavy atom. The van der Waals surface area contributed by atoms with Crippen molar-refractivity contribution in [1.82, 2.24) is 10.2 Å². The molecule has 20 heavy (non-hydrogen) atoms. The van der Waals surface area contributed by atoms with Crippen molar-refractivity contribution in [3.63, 3.8) is 0 Å². The van der Waals surface area contributed by atoms with E-state index in [1.807, 2.05) is 0 Å². The van der Waals surface area contributed by atoms with Crippen molar-refractivity contribution >= 4 is 28.3 Å². The van der Waals surface area contributed by atoms with Gasteiger partial charge in [0.05, 0.1) is 0 Å². The van der Waals surface area contributed by atoms with Gasteiger partial charge in [0.25, 0.3) is 0 Å². The third kappa shape index (κ3) is 4.10. The van der Waals surface area contributed by atoms with E-state index in [0.29, 0.717) is 41.8 Å². The van der Waals surface area contributed by atoms with E-state index in [1.165, 1.54) is 4.90 Å². The van der Waals surface area contributed by atoms with Gasteiger partial charge in [-0.3, -0.25) is 4.90 Å². The number of nitrogens with zero attached hydrogens (tertiary/aromatic N) is 1. The van der Waals surface area contributed by atoms with Crippen LogP contribution in [0.15, 0.2) is 22.7 Å². The summed E-state index contributed by atoms with van der Waals surface area (Å²) in [6.07, 6.45) is -4.26. The molecular formula is C13H17BrClF3N2. The smallest absolute Gasteiger partial charge is 0.314 e. The molecule has 2 rings (SSSR count). The molecule has 2 nitrogen and oxygen atoms in total. The molecule has 0 aromatic heterocycles. The zero-order valence-corrected chi connectivity index (χ0v) is 13.4. The summed E-state index contributed by atoms with van der Waals surface area (Å²) < 4.78 is 41.0. The van der Waals surface area contributed by atoms with Gasteiger partial charge in [-0.25, -0.2) is 0 Å². The average Bonchev–Trinajstić information content (AvgIpc) is 2.33. The second kappa shape index (κ2) is 7.11. The van der Waals surface area contributed by atoms with E-state index in [1.54, 1.807) is 25.1 Å². The van der Waals surface area contributed by atoms with Gasteiger partial charge in [-0.15, -0.1) is 12.4 Å². The minimum absolute atomic E-state index is 0. The number of benzene rings is 1. The average molecular weight is 374 g/mol. The summed E-state index contributed by atoms with van der Waals surface area (Å²) in [5.41, 5.74) is 1.01. The second-order valence-electron chi connectivity index (χ2n) is 4.73. The van der Waals surface area contributed by atoms with Crippen LogP contribution in [0.3, 0.4) is 0 Å². The fourth-order valence-electron chi connectivity index (χ4n) is 2.43. The molecule has 1 aromatic carbocycles. The number of halogens is 5. The first kappa shape index (κ1) is 17.8. The van der Waals surface area contributed by atoms with E-state index in [9.17, 15) is 13.2 Å². The second-order valence-corrected chi connectivity index (χ2v) is 5.65. The van der Waals surface area contributed by atoms with E-state index < -0.39 is 12.2 Å². The Morgan fingerprint density at radius 2 is 1.85 bits per heavy atom. The lowest BCUT2D eigenvalue weighted by Crippen LogP contribution is -2.49. The number of nitrogens with one attached hydrogen (secondary N) is 1. The molecule has 0 saturated carbocycles. The van der Waals surface area contributed by atoms with E-state index in [-0.39, 0.29) is 12.4 Å². The van der Waals surface area contributed by atoms with Crippen LogP contribution in [-0.2, 0) is 0 Å². The highest BCUT2D eigenvalue weighted by atomic mass is 79.9. The fraction of sp³-hybridized carbons (Fsp3) is 0.538. The van der Waals surface area contributed by atoms with Crippen LogP contribution in [-0.4, -0.2) is 37.3 Å². The summed E-state index contributed by atoms with van der Waals surface area (Å²) in [5.74, 6) is 0. The SMILES string of the molecule is Cc1ccc(Br)cc1[C@@H](N1CCNCC1)C(F)(F)F.Cl. The summed E-state index contributed by atoms with van der Waals surface area (Å²) in [4.78, 5) is 1.51. The molecule has 0 radical (unpaired) electrons. The zero-order chi connectivity index (χ0) is 14.0. The molecule has 1 N–H and O–H groups in total. The monoisotopic (exact) mass is 372 g/mol. The molecule has 1 saturated heterocycles. The van der Waals surface area contributed by atoms with Crippen LogP contribution in [0.5, 0.6) is 0 Å². The van der Waals surface area contributed by atoms with Crippen LogP contribution >= 0.6 is 28.3 Å². The molecule has 1 heterocycles. The third-order valence-electron chi connectivity index (χ3n) is 3.36. The van der Waals surface area contributed by atoms with Gasteiger partial charge in [-0.05, 0) is 30.2 Å². The predicted molar refractivity (Wildman–Crippen MR) is 79.4 cm³/mol. The van der Waals surface area contributed by atoms with Gasteiger partial charge in [-0.1, -0.05) is 22.0 Å². The largest absolute Gasteiger partial charge is 0.408 e. The van der Waals surface area contributed by atoms with Gasteiger partial charge in [-0.2, -0.15) is 13.2 Å². The molecule has 1 aromatic rings. The first-order valence-corrected chi connectivity index (χ1v) is 6.96. The van der Waals surface area contributed by atoms with Crippen LogP contribution in [0, 0.1) is 6.92 Å². The Morgan fingerprint density at radius 1 is 1.25 bits per heavy atom. The molecule has 114 valence electrons. The van der Waals surface area contributed by atoms with Crippen molar-refractivity contribution < 1.29 is 13.2 Å². The maximum atomic E-state index is 13.4. The molecule has 0 aliphatic carbocycles. The van der Waals surface area contributed by atoms with Crippen molar-refractivity contribution in [3.8, 4) is 0 Å². The predicted octanol–water partition coefficient (Wildman–Crippen LogP) is 3.69. The summed E-state index contributed by atoms with van der Waals surface area (Å²) in [6.45, 7) is 3.74. The maximum absolute atomic E-state index is 13.4. The van der Waals surface area contributed by atoms with Gasteiger partial charge in [0, 0.05) is 30.7 Å². The number of hydrogen-bond acceptors (Lipinski definition) is 2. The standard InChI is InChI=1S/C13H16BrF3N2.ClH/c1-9-2-3-10(14)8-11(9)12(13(15,16)17)19-6-4-18-5-7-19;/h2-3,8,12,18H,4-7H2,1H3;1H/t12-;/m1./s1. The lowest BCUT2D eigenvalue weighted by molar-refractivity contribution is -0.188. The van der Waals surface area contributed by atoms with E-state index in [4.69, 9.17) is 0 Å². The number of rotatable bonds is 2. The maximum Gasteiger partial charge on any atom is 0.408 e. The summed E-state index contributed by atoms with van der Waals surface area (Å²) >= 11 is 3.26. The summed E-state index contributed by atoms with van der Waals surface area (Å²) in [6, 6.07) is 3.55. The van der Waals surface area contributed by atoms with E-state index in [2.05, 4.69) is 21.2 Å². The van der Waals surface area contributed by atoms with Gasteiger partial charge in [0.2, 0.25) is 0 Å². The quantitative estimate of drug-likeness (QED) is 0.850. The fourth-order valence-corrected chi connectivity index (χ4v) is 2.81. The first-order chi connectivity index (χ1) is 8.89. The van der Waals surface area contributed by atoms with Crippen LogP contribution in [0.2, 0.25) is 0 Å². The van der Waals surface area contributed by atoms with Crippen molar-refractivity contribution in [2.45, 2.75) is 19.1 Å². The highest BCUT2D eigenvalue weighted by molar-refractivity contribution is 9.10. The molecule has 1 aliphatic heterocycles. The minimum atomic E-state index is -4.26. The zero-order valence-electron chi connectivity index (χ0n) is 11.0. The Hall–Kier alpha value is -0.300. The molecule has 0 spiro atoms. The van der Waals surface area contributed by atoms with Crippen molar-refractivity contribution in [3.05, 3.63) is 33.8 Å². The minimum Gasteiger partial charge on any atom is -0.314 e. The van der Waals surface area contributed by atoms with Gasteiger partial charge < -0.3 is 5.32 Å². The topological polar surface area (TPSA) is 15.3 Å². The van der Waals surface area contributed by atoms with Gasteiger partial charge in [0.15, 0.2) is 0 Å². The molecule has 1 aliphatic rings. The summed E-state index contributed by atoms with van der Waals surface area (Å²) in [5, 5.41) is 3.08. The molecule has 1 fully saturated rings. The van der Waals surface area contributed by atoms with E-state index >= 15 is 0 Å². The molecular weight excluding hydrogens is 357 g/mol. The number of aryl methyl sites for hydroxylation is 1. The molecule has 1 atom stereocenters.